The molecule has 4 aromatic rings. The molecule has 0 unspecified atom stereocenters. The lowest BCUT2D eigenvalue weighted by Crippen LogP contribution is -2.29. The quantitative estimate of drug-likeness (QED) is 0.547. The van der Waals surface area contributed by atoms with Crippen LogP contribution < -0.4 is 5.32 Å². The highest BCUT2D eigenvalue weighted by molar-refractivity contribution is 5.62. The maximum Gasteiger partial charge on any atom is 0.228 e. The van der Waals surface area contributed by atoms with Gasteiger partial charge in [-0.3, -0.25) is 4.98 Å². The number of aryl methyl sites for hydroxylation is 1. The maximum absolute atomic E-state index is 13.8. The van der Waals surface area contributed by atoms with Crippen LogP contribution in [0.4, 0.5) is 10.3 Å². The number of nitrogens with one attached hydrogen (secondary N) is 1. The molecule has 0 radical (unpaired) electrons. The van der Waals surface area contributed by atoms with Crippen molar-refractivity contribution in [2.24, 2.45) is 0 Å². The second-order valence-electron chi connectivity index (χ2n) is 8.11. The van der Waals surface area contributed by atoms with Gasteiger partial charge in [-0.05, 0) is 42.4 Å². The third kappa shape index (κ3) is 3.40. The van der Waals surface area contributed by atoms with Crippen molar-refractivity contribution in [1.29, 1.82) is 0 Å². The van der Waals surface area contributed by atoms with Crippen LogP contribution in [0.2, 0.25) is 0 Å². The third-order valence-electron chi connectivity index (χ3n) is 5.66. The fourth-order valence-corrected chi connectivity index (χ4v) is 4.06. The molecule has 1 atom stereocenters. The SMILES string of the molecule is CC(C)c1cnn2c(N[C@H]3CCc4ccccc4C3)nc(-c3cncc(F)c3)nc12. The molecular formula is C23H23FN6. The van der Waals surface area contributed by atoms with E-state index in [2.05, 4.69) is 53.5 Å². The van der Waals surface area contributed by atoms with Gasteiger partial charge in [0.2, 0.25) is 5.95 Å². The zero-order valence-corrected chi connectivity index (χ0v) is 17.0. The van der Waals surface area contributed by atoms with Gasteiger partial charge in [0.1, 0.15) is 5.82 Å². The molecule has 0 amide bonds. The normalized spacial score (nSPS) is 16.1. The lowest BCUT2D eigenvalue weighted by atomic mass is 9.88. The highest BCUT2D eigenvalue weighted by atomic mass is 19.1. The van der Waals surface area contributed by atoms with E-state index in [0.29, 0.717) is 17.3 Å². The van der Waals surface area contributed by atoms with E-state index < -0.39 is 5.82 Å². The molecule has 0 fully saturated rings. The average Bonchev–Trinajstić information content (AvgIpc) is 3.18. The number of pyridine rings is 1. The molecular weight excluding hydrogens is 379 g/mol. The second-order valence-corrected chi connectivity index (χ2v) is 8.11. The minimum atomic E-state index is -0.410. The molecule has 5 rings (SSSR count). The summed E-state index contributed by atoms with van der Waals surface area (Å²) in [4.78, 5) is 13.4. The van der Waals surface area contributed by atoms with Gasteiger partial charge in [-0.2, -0.15) is 14.6 Å². The zero-order chi connectivity index (χ0) is 20.7. The first-order valence-corrected chi connectivity index (χ1v) is 10.3. The van der Waals surface area contributed by atoms with E-state index in [1.54, 1.807) is 10.7 Å². The molecule has 0 bridgehead atoms. The Hall–Kier alpha value is -3.35. The Bertz CT molecular complexity index is 1220. The molecule has 1 aliphatic rings. The molecule has 152 valence electrons. The van der Waals surface area contributed by atoms with Crippen molar-refractivity contribution in [1.82, 2.24) is 24.6 Å². The number of aromatic nitrogens is 5. The summed E-state index contributed by atoms with van der Waals surface area (Å²) in [5.74, 6) is 0.906. The topological polar surface area (TPSA) is 68.0 Å². The molecule has 0 saturated carbocycles. The Morgan fingerprint density at radius 2 is 1.93 bits per heavy atom. The van der Waals surface area contributed by atoms with Crippen LogP contribution >= 0.6 is 0 Å². The van der Waals surface area contributed by atoms with Gasteiger partial charge in [0.25, 0.3) is 0 Å². The second kappa shape index (κ2) is 7.48. The van der Waals surface area contributed by atoms with Crippen molar-refractivity contribution in [3.05, 3.63) is 71.4 Å². The molecule has 1 aliphatic carbocycles. The average molecular weight is 402 g/mol. The number of benzene rings is 1. The fourth-order valence-electron chi connectivity index (χ4n) is 4.06. The van der Waals surface area contributed by atoms with Crippen LogP contribution in [0.1, 0.15) is 42.9 Å². The Morgan fingerprint density at radius 1 is 1.10 bits per heavy atom. The van der Waals surface area contributed by atoms with Crippen molar-refractivity contribution in [2.45, 2.75) is 45.1 Å². The first kappa shape index (κ1) is 18.7. The Morgan fingerprint density at radius 3 is 2.73 bits per heavy atom. The van der Waals surface area contributed by atoms with E-state index in [0.717, 1.165) is 30.5 Å². The van der Waals surface area contributed by atoms with Gasteiger partial charge in [-0.25, -0.2) is 9.37 Å². The predicted octanol–water partition coefficient (Wildman–Crippen LogP) is 4.42. The number of rotatable bonds is 4. The van der Waals surface area contributed by atoms with Gasteiger partial charge in [0.05, 0.1) is 12.4 Å². The smallest absolute Gasteiger partial charge is 0.228 e. The summed E-state index contributed by atoms with van der Waals surface area (Å²) in [5, 5.41) is 8.12. The van der Waals surface area contributed by atoms with Crippen LogP contribution in [-0.2, 0) is 12.8 Å². The van der Waals surface area contributed by atoms with Crippen LogP contribution in [0, 0.1) is 5.82 Å². The highest BCUT2D eigenvalue weighted by Crippen LogP contribution is 2.27. The molecule has 0 aliphatic heterocycles. The van der Waals surface area contributed by atoms with E-state index in [9.17, 15) is 4.39 Å². The van der Waals surface area contributed by atoms with E-state index in [1.165, 1.54) is 23.4 Å². The number of halogens is 1. The lowest BCUT2D eigenvalue weighted by molar-refractivity contribution is 0.602. The van der Waals surface area contributed by atoms with Crippen LogP contribution in [0.15, 0.2) is 48.9 Å². The van der Waals surface area contributed by atoms with Crippen molar-refractivity contribution >= 4 is 11.6 Å². The van der Waals surface area contributed by atoms with Crippen molar-refractivity contribution in [2.75, 3.05) is 5.32 Å². The first-order chi connectivity index (χ1) is 14.6. The van der Waals surface area contributed by atoms with Gasteiger partial charge in [-0.15, -0.1) is 0 Å². The van der Waals surface area contributed by atoms with E-state index >= 15 is 0 Å². The molecule has 1 N–H and O–H groups in total. The molecule has 30 heavy (non-hydrogen) atoms. The Labute approximate surface area is 174 Å². The molecule has 3 heterocycles. The molecule has 3 aromatic heterocycles. The van der Waals surface area contributed by atoms with Gasteiger partial charge < -0.3 is 5.32 Å². The Kier molecular flexibility index (Phi) is 4.65. The third-order valence-corrected chi connectivity index (χ3v) is 5.66. The predicted molar refractivity (Wildman–Crippen MR) is 114 cm³/mol. The summed E-state index contributed by atoms with van der Waals surface area (Å²) in [7, 11) is 0. The monoisotopic (exact) mass is 402 g/mol. The van der Waals surface area contributed by atoms with E-state index in [1.807, 2.05) is 6.20 Å². The van der Waals surface area contributed by atoms with Crippen molar-refractivity contribution < 1.29 is 4.39 Å². The van der Waals surface area contributed by atoms with Crippen LogP contribution in [0.25, 0.3) is 17.0 Å². The zero-order valence-electron chi connectivity index (χ0n) is 17.0. The summed E-state index contributed by atoms with van der Waals surface area (Å²) in [6.07, 6.45) is 7.57. The van der Waals surface area contributed by atoms with Gasteiger partial charge in [0.15, 0.2) is 11.5 Å². The van der Waals surface area contributed by atoms with Crippen molar-refractivity contribution in [3.63, 3.8) is 0 Å². The van der Waals surface area contributed by atoms with Crippen LogP contribution in [0.5, 0.6) is 0 Å². The summed E-state index contributed by atoms with van der Waals surface area (Å²) in [6.45, 7) is 4.21. The summed E-state index contributed by atoms with van der Waals surface area (Å²) in [5.41, 5.74) is 5.09. The van der Waals surface area contributed by atoms with E-state index in [4.69, 9.17) is 9.97 Å². The number of anilines is 1. The number of nitrogens with zero attached hydrogens (tertiary/aromatic N) is 5. The number of hydrogen-bond acceptors (Lipinski definition) is 5. The first-order valence-electron chi connectivity index (χ1n) is 10.3. The minimum Gasteiger partial charge on any atom is -0.351 e. The van der Waals surface area contributed by atoms with Gasteiger partial charge in [-0.1, -0.05) is 38.1 Å². The summed E-state index contributed by atoms with van der Waals surface area (Å²) in [6, 6.07) is 10.2. The maximum atomic E-state index is 13.8. The lowest BCUT2D eigenvalue weighted by Gasteiger charge is -2.26. The number of fused-ring (bicyclic) bond motifs is 2. The molecule has 1 aromatic carbocycles. The van der Waals surface area contributed by atoms with Crippen molar-refractivity contribution in [3.8, 4) is 11.4 Å². The fraction of sp³-hybridized carbons (Fsp3) is 0.304. The van der Waals surface area contributed by atoms with Crippen LogP contribution in [-0.4, -0.2) is 30.6 Å². The largest absolute Gasteiger partial charge is 0.351 e. The standard InChI is InChI=1S/C23H23FN6/c1-14(2)20-13-26-30-22(20)28-21(17-9-18(24)12-25-11-17)29-23(30)27-19-8-7-15-5-3-4-6-16(15)10-19/h3-6,9,11-14,19H,7-8,10H2,1-2H3,(H,27,28,29)/t19-/m0/s1. The van der Waals surface area contributed by atoms with Crippen LogP contribution in [0.3, 0.4) is 0 Å². The minimum absolute atomic E-state index is 0.239. The van der Waals surface area contributed by atoms with E-state index in [-0.39, 0.29) is 12.0 Å². The summed E-state index contributed by atoms with van der Waals surface area (Å²) < 4.78 is 15.5. The summed E-state index contributed by atoms with van der Waals surface area (Å²) >= 11 is 0. The molecule has 0 saturated heterocycles. The number of hydrogen-bond donors (Lipinski definition) is 1. The highest BCUT2D eigenvalue weighted by Gasteiger charge is 2.22. The molecule has 0 spiro atoms. The molecule has 6 nitrogen and oxygen atoms in total. The Balaban J connectivity index is 1.57. The molecule has 7 heteroatoms. The van der Waals surface area contributed by atoms with Gasteiger partial charge in [0, 0.05) is 23.4 Å². The van der Waals surface area contributed by atoms with Gasteiger partial charge >= 0.3 is 0 Å².